The van der Waals surface area contributed by atoms with Crippen molar-refractivity contribution in [3.8, 4) is 18.1 Å². The molecule has 2 aromatic heterocycles. The lowest BCUT2D eigenvalue weighted by Crippen LogP contribution is -1.99. The highest BCUT2D eigenvalue weighted by Crippen LogP contribution is 2.26. The van der Waals surface area contributed by atoms with Crippen LogP contribution in [0.2, 0.25) is 0 Å². The highest BCUT2D eigenvalue weighted by atomic mass is 32.2. The average molecular weight is 308 g/mol. The molecule has 0 bridgehead atoms. The van der Waals surface area contributed by atoms with Gasteiger partial charge in [-0.25, -0.2) is 9.97 Å². The largest absolute Gasteiger partial charge is 0.508 e. The van der Waals surface area contributed by atoms with Gasteiger partial charge in [0.25, 0.3) is 0 Å². The molecule has 0 unspecified atom stereocenters. The SMILES string of the molecule is C#CCSc1nc(Nc2ccc(O)cc2)c2ccncc2n1. The molecule has 0 amide bonds. The maximum atomic E-state index is 9.35. The van der Waals surface area contributed by atoms with E-state index < -0.39 is 0 Å². The summed E-state index contributed by atoms with van der Waals surface area (Å²) >= 11 is 1.40. The van der Waals surface area contributed by atoms with E-state index >= 15 is 0 Å². The Morgan fingerprint density at radius 1 is 1.18 bits per heavy atom. The minimum absolute atomic E-state index is 0.215. The van der Waals surface area contributed by atoms with Crippen molar-refractivity contribution in [3.63, 3.8) is 0 Å². The number of aromatic nitrogens is 3. The molecule has 2 heterocycles. The third kappa shape index (κ3) is 3.10. The van der Waals surface area contributed by atoms with Crippen LogP contribution < -0.4 is 5.32 Å². The van der Waals surface area contributed by atoms with Crippen LogP contribution in [0.3, 0.4) is 0 Å². The Hall–Kier alpha value is -2.78. The second-order valence-corrected chi connectivity index (χ2v) is 5.35. The number of nitrogens with zero attached hydrogens (tertiary/aromatic N) is 3. The van der Waals surface area contributed by atoms with Gasteiger partial charge in [-0.15, -0.1) is 6.42 Å². The van der Waals surface area contributed by atoms with Crippen LogP contribution >= 0.6 is 11.8 Å². The van der Waals surface area contributed by atoms with E-state index in [0.717, 1.165) is 16.6 Å². The van der Waals surface area contributed by atoms with Gasteiger partial charge in [-0.2, -0.15) is 0 Å². The summed E-state index contributed by atoms with van der Waals surface area (Å²) in [5.74, 6) is 3.96. The van der Waals surface area contributed by atoms with Crippen LogP contribution in [-0.2, 0) is 0 Å². The highest BCUT2D eigenvalue weighted by molar-refractivity contribution is 7.99. The molecule has 108 valence electrons. The summed E-state index contributed by atoms with van der Waals surface area (Å²) in [7, 11) is 0. The summed E-state index contributed by atoms with van der Waals surface area (Å²) in [5.41, 5.74) is 1.57. The van der Waals surface area contributed by atoms with E-state index in [1.807, 2.05) is 6.07 Å². The number of benzene rings is 1. The molecule has 0 saturated carbocycles. The second kappa shape index (κ2) is 6.33. The van der Waals surface area contributed by atoms with Gasteiger partial charge in [-0.1, -0.05) is 17.7 Å². The molecule has 0 aliphatic carbocycles. The van der Waals surface area contributed by atoms with Crippen molar-refractivity contribution in [2.45, 2.75) is 5.16 Å². The summed E-state index contributed by atoms with van der Waals surface area (Å²) in [6, 6.07) is 8.63. The molecule has 0 atom stereocenters. The van der Waals surface area contributed by atoms with Gasteiger partial charge in [-0.3, -0.25) is 4.98 Å². The van der Waals surface area contributed by atoms with Crippen LogP contribution in [0.5, 0.6) is 5.75 Å². The van der Waals surface area contributed by atoms with Crippen molar-refractivity contribution in [2.24, 2.45) is 0 Å². The fraction of sp³-hybridized carbons (Fsp3) is 0.0625. The van der Waals surface area contributed by atoms with Crippen LogP contribution in [0.4, 0.5) is 11.5 Å². The number of terminal acetylenes is 1. The smallest absolute Gasteiger partial charge is 0.191 e. The molecule has 0 fully saturated rings. The van der Waals surface area contributed by atoms with E-state index in [2.05, 4.69) is 26.2 Å². The summed E-state index contributed by atoms with van der Waals surface area (Å²) in [4.78, 5) is 13.0. The van der Waals surface area contributed by atoms with Crippen LogP contribution in [0, 0.1) is 12.3 Å². The molecule has 1 aromatic carbocycles. The lowest BCUT2D eigenvalue weighted by atomic mass is 10.2. The monoisotopic (exact) mass is 308 g/mol. The summed E-state index contributed by atoms with van der Waals surface area (Å²) in [6.07, 6.45) is 8.68. The fourth-order valence-electron chi connectivity index (χ4n) is 1.91. The summed E-state index contributed by atoms with van der Waals surface area (Å²) in [6.45, 7) is 0. The summed E-state index contributed by atoms with van der Waals surface area (Å²) < 4.78 is 0. The van der Waals surface area contributed by atoms with Gasteiger partial charge in [0.1, 0.15) is 11.6 Å². The number of phenolic OH excluding ortho intramolecular Hbond substituents is 1. The van der Waals surface area contributed by atoms with Crippen molar-refractivity contribution >= 4 is 34.2 Å². The number of phenols is 1. The molecule has 0 radical (unpaired) electrons. The molecule has 0 aliphatic rings. The molecule has 0 saturated heterocycles. The number of anilines is 2. The van der Waals surface area contributed by atoms with Crippen molar-refractivity contribution in [1.29, 1.82) is 0 Å². The zero-order valence-electron chi connectivity index (χ0n) is 11.5. The van der Waals surface area contributed by atoms with Gasteiger partial charge in [0.2, 0.25) is 0 Å². The normalized spacial score (nSPS) is 10.3. The van der Waals surface area contributed by atoms with Gasteiger partial charge in [0.15, 0.2) is 5.16 Å². The van der Waals surface area contributed by atoms with Crippen molar-refractivity contribution in [2.75, 3.05) is 11.1 Å². The Labute approximate surface area is 131 Å². The average Bonchev–Trinajstić information content (AvgIpc) is 2.55. The quantitative estimate of drug-likeness (QED) is 0.334. The molecule has 6 heteroatoms. The van der Waals surface area contributed by atoms with E-state index in [4.69, 9.17) is 6.42 Å². The predicted molar refractivity (Wildman–Crippen MR) is 88.3 cm³/mol. The first-order valence-corrected chi connectivity index (χ1v) is 7.49. The van der Waals surface area contributed by atoms with Crippen LogP contribution in [0.1, 0.15) is 0 Å². The number of hydrogen-bond acceptors (Lipinski definition) is 6. The zero-order valence-corrected chi connectivity index (χ0v) is 12.3. The Kier molecular flexibility index (Phi) is 4.08. The van der Waals surface area contributed by atoms with Crippen LogP contribution in [-0.4, -0.2) is 25.8 Å². The number of rotatable bonds is 4. The fourth-order valence-corrected chi connectivity index (χ4v) is 2.44. The van der Waals surface area contributed by atoms with Crippen molar-refractivity contribution < 1.29 is 5.11 Å². The first-order valence-electron chi connectivity index (χ1n) is 6.50. The topological polar surface area (TPSA) is 70.9 Å². The lowest BCUT2D eigenvalue weighted by molar-refractivity contribution is 0.475. The molecule has 0 spiro atoms. The lowest BCUT2D eigenvalue weighted by Gasteiger charge is -2.10. The van der Waals surface area contributed by atoms with E-state index in [1.54, 1.807) is 36.7 Å². The molecule has 22 heavy (non-hydrogen) atoms. The Morgan fingerprint density at radius 3 is 2.77 bits per heavy atom. The third-order valence-electron chi connectivity index (χ3n) is 2.89. The van der Waals surface area contributed by atoms with E-state index in [1.165, 1.54) is 11.8 Å². The van der Waals surface area contributed by atoms with E-state index in [9.17, 15) is 5.11 Å². The maximum absolute atomic E-state index is 9.35. The number of fused-ring (bicyclic) bond motifs is 1. The van der Waals surface area contributed by atoms with E-state index in [0.29, 0.717) is 16.7 Å². The van der Waals surface area contributed by atoms with Gasteiger partial charge >= 0.3 is 0 Å². The molecular weight excluding hydrogens is 296 g/mol. The minimum Gasteiger partial charge on any atom is -0.508 e. The van der Waals surface area contributed by atoms with E-state index in [-0.39, 0.29) is 5.75 Å². The van der Waals surface area contributed by atoms with Gasteiger partial charge in [0.05, 0.1) is 17.5 Å². The molecule has 3 rings (SSSR count). The predicted octanol–water partition coefficient (Wildman–Crippen LogP) is 3.20. The Bertz CT molecular complexity index is 843. The van der Waals surface area contributed by atoms with Gasteiger partial charge < -0.3 is 10.4 Å². The highest BCUT2D eigenvalue weighted by Gasteiger charge is 2.08. The molecular formula is C16H12N4OS. The van der Waals surface area contributed by atoms with Gasteiger partial charge in [0, 0.05) is 17.3 Å². The van der Waals surface area contributed by atoms with Crippen molar-refractivity contribution in [1.82, 2.24) is 15.0 Å². The van der Waals surface area contributed by atoms with Crippen molar-refractivity contribution in [3.05, 3.63) is 42.7 Å². The zero-order chi connectivity index (χ0) is 15.4. The number of aromatic hydroxyl groups is 1. The minimum atomic E-state index is 0.215. The molecule has 3 aromatic rings. The third-order valence-corrected chi connectivity index (χ3v) is 3.65. The number of hydrogen-bond donors (Lipinski definition) is 2. The van der Waals surface area contributed by atoms with Crippen LogP contribution in [0.25, 0.3) is 10.9 Å². The second-order valence-electron chi connectivity index (χ2n) is 4.41. The Morgan fingerprint density at radius 2 is 2.00 bits per heavy atom. The Balaban J connectivity index is 2.02. The summed E-state index contributed by atoms with van der Waals surface area (Å²) in [5, 5.41) is 14.1. The first-order chi connectivity index (χ1) is 10.8. The standard InChI is InChI=1S/C16H12N4OS/c1-2-9-22-16-19-14-10-17-8-7-13(14)15(20-16)18-11-3-5-12(21)6-4-11/h1,3-8,10,21H,9H2,(H,18,19,20). The number of pyridine rings is 1. The molecule has 0 aliphatic heterocycles. The van der Waals surface area contributed by atoms with Crippen LogP contribution in [0.15, 0.2) is 47.9 Å². The molecule has 5 nitrogen and oxygen atoms in total. The first kappa shape index (κ1) is 14.2. The maximum Gasteiger partial charge on any atom is 0.191 e. The number of nitrogens with one attached hydrogen (secondary N) is 1. The molecule has 2 N–H and O–H groups in total. The number of thioether (sulfide) groups is 1. The van der Waals surface area contributed by atoms with Gasteiger partial charge in [-0.05, 0) is 30.3 Å².